The molecule has 2 aromatic rings. The normalized spacial score (nSPS) is 14.8. The molecule has 0 atom stereocenters. The van der Waals surface area contributed by atoms with Crippen LogP contribution in [-0.4, -0.2) is 60.2 Å². The lowest BCUT2D eigenvalue weighted by Gasteiger charge is -2.26. The smallest absolute Gasteiger partial charge is 0.258 e. The van der Waals surface area contributed by atoms with Crippen molar-refractivity contribution in [3.63, 3.8) is 0 Å². The number of ether oxygens (including phenoxy) is 1. The zero-order chi connectivity index (χ0) is 19.2. The third kappa shape index (κ3) is 5.38. The number of carbonyl (C=O) groups excluding carboxylic acids is 1. The third-order valence-corrected chi connectivity index (χ3v) is 4.70. The number of aromatic nitrogens is 2. The zero-order valence-electron chi connectivity index (χ0n) is 15.6. The Morgan fingerprint density at radius 1 is 1.22 bits per heavy atom. The molecular formula is C19H24ClN5O2. The van der Waals surface area contributed by atoms with E-state index in [0.29, 0.717) is 22.2 Å². The van der Waals surface area contributed by atoms with Crippen molar-refractivity contribution in [3.05, 3.63) is 46.2 Å². The summed E-state index contributed by atoms with van der Waals surface area (Å²) in [4.78, 5) is 23.2. The van der Waals surface area contributed by atoms with Gasteiger partial charge in [0.1, 0.15) is 0 Å². The van der Waals surface area contributed by atoms with Crippen LogP contribution >= 0.6 is 11.6 Å². The Hall–Kier alpha value is -2.22. The van der Waals surface area contributed by atoms with Gasteiger partial charge in [0.2, 0.25) is 5.95 Å². The first-order valence-corrected chi connectivity index (χ1v) is 9.35. The first kappa shape index (κ1) is 19.5. The molecule has 0 bridgehead atoms. The van der Waals surface area contributed by atoms with Gasteiger partial charge < -0.3 is 15.4 Å². The second kappa shape index (κ2) is 9.12. The molecule has 1 saturated heterocycles. The van der Waals surface area contributed by atoms with E-state index >= 15 is 0 Å². The molecule has 0 spiro atoms. The fourth-order valence-corrected chi connectivity index (χ4v) is 3.32. The van der Waals surface area contributed by atoms with Crippen molar-refractivity contribution in [2.24, 2.45) is 0 Å². The minimum Gasteiger partial charge on any atom is -0.379 e. The van der Waals surface area contributed by atoms with E-state index in [0.717, 1.165) is 50.5 Å². The van der Waals surface area contributed by atoms with Crippen LogP contribution in [0.2, 0.25) is 5.02 Å². The SMILES string of the molecule is Cc1cc(C)c(NC(=O)c2cnc(NCCN3CCOCC3)nc2)c(Cl)c1. The van der Waals surface area contributed by atoms with Crippen LogP contribution in [0.1, 0.15) is 21.5 Å². The summed E-state index contributed by atoms with van der Waals surface area (Å²) in [5.74, 6) is 0.216. The lowest BCUT2D eigenvalue weighted by atomic mass is 10.1. The number of benzene rings is 1. The number of hydrogen-bond donors (Lipinski definition) is 2. The molecule has 7 nitrogen and oxygen atoms in total. The number of aryl methyl sites for hydroxylation is 2. The van der Waals surface area contributed by atoms with Gasteiger partial charge in [0, 0.05) is 38.6 Å². The van der Waals surface area contributed by atoms with Gasteiger partial charge in [-0.3, -0.25) is 9.69 Å². The van der Waals surface area contributed by atoms with Gasteiger partial charge in [-0.25, -0.2) is 9.97 Å². The van der Waals surface area contributed by atoms with E-state index in [1.807, 2.05) is 26.0 Å². The summed E-state index contributed by atoms with van der Waals surface area (Å²) in [6.45, 7) is 8.97. The van der Waals surface area contributed by atoms with Crippen LogP contribution in [0.25, 0.3) is 0 Å². The fraction of sp³-hybridized carbons (Fsp3) is 0.421. The van der Waals surface area contributed by atoms with Crippen LogP contribution in [0, 0.1) is 13.8 Å². The predicted molar refractivity (Wildman–Crippen MR) is 107 cm³/mol. The highest BCUT2D eigenvalue weighted by Gasteiger charge is 2.13. The molecule has 0 radical (unpaired) electrons. The molecule has 1 aromatic heterocycles. The van der Waals surface area contributed by atoms with Gasteiger partial charge in [-0.05, 0) is 31.0 Å². The number of anilines is 2. The summed E-state index contributed by atoms with van der Waals surface area (Å²) in [6.07, 6.45) is 3.02. The first-order valence-electron chi connectivity index (χ1n) is 8.97. The number of morpholine rings is 1. The standard InChI is InChI=1S/C19H24ClN5O2/c1-13-9-14(2)17(16(20)10-13)24-18(26)15-11-22-19(23-12-15)21-3-4-25-5-7-27-8-6-25/h9-12H,3-8H2,1-2H3,(H,24,26)(H,21,22,23). The summed E-state index contributed by atoms with van der Waals surface area (Å²) in [5.41, 5.74) is 2.95. The second-order valence-electron chi connectivity index (χ2n) is 6.57. The molecule has 144 valence electrons. The number of amides is 1. The largest absolute Gasteiger partial charge is 0.379 e. The summed E-state index contributed by atoms with van der Waals surface area (Å²) in [6, 6.07) is 3.79. The number of halogens is 1. The number of carbonyl (C=O) groups is 1. The Bertz CT molecular complexity index is 768. The van der Waals surface area contributed by atoms with E-state index < -0.39 is 0 Å². The molecule has 2 N–H and O–H groups in total. The molecule has 0 unspecified atom stereocenters. The number of nitrogens with zero attached hydrogens (tertiary/aromatic N) is 3. The van der Waals surface area contributed by atoms with Crippen LogP contribution in [0.5, 0.6) is 0 Å². The summed E-state index contributed by atoms with van der Waals surface area (Å²) >= 11 is 6.25. The molecular weight excluding hydrogens is 366 g/mol. The Labute approximate surface area is 164 Å². The molecule has 8 heteroatoms. The topological polar surface area (TPSA) is 79.4 Å². The molecule has 1 fully saturated rings. The highest BCUT2D eigenvalue weighted by Crippen LogP contribution is 2.27. The Balaban J connectivity index is 1.54. The van der Waals surface area contributed by atoms with Gasteiger partial charge in [0.15, 0.2) is 0 Å². The molecule has 1 aliphatic rings. The lowest BCUT2D eigenvalue weighted by molar-refractivity contribution is 0.0398. The lowest BCUT2D eigenvalue weighted by Crippen LogP contribution is -2.39. The molecule has 1 aromatic carbocycles. The minimum absolute atomic E-state index is 0.288. The first-order chi connectivity index (χ1) is 13.0. The van der Waals surface area contributed by atoms with E-state index in [9.17, 15) is 4.79 Å². The van der Waals surface area contributed by atoms with Crippen molar-refractivity contribution in [1.82, 2.24) is 14.9 Å². The van der Waals surface area contributed by atoms with Crippen LogP contribution < -0.4 is 10.6 Å². The van der Waals surface area contributed by atoms with Crippen LogP contribution in [0.3, 0.4) is 0 Å². The molecule has 3 rings (SSSR count). The minimum atomic E-state index is -0.288. The summed E-state index contributed by atoms with van der Waals surface area (Å²) in [5, 5.41) is 6.53. The Kier molecular flexibility index (Phi) is 6.60. The monoisotopic (exact) mass is 389 g/mol. The second-order valence-corrected chi connectivity index (χ2v) is 6.98. The number of nitrogens with one attached hydrogen (secondary N) is 2. The molecule has 1 aliphatic heterocycles. The molecule has 0 saturated carbocycles. The zero-order valence-corrected chi connectivity index (χ0v) is 16.3. The number of rotatable bonds is 6. The van der Waals surface area contributed by atoms with Gasteiger partial charge in [0.25, 0.3) is 5.91 Å². The predicted octanol–water partition coefficient (Wildman–Crippen LogP) is 2.74. The van der Waals surface area contributed by atoms with E-state index in [-0.39, 0.29) is 5.91 Å². The van der Waals surface area contributed by atoms with Crippen LogP contribution in [0.4, 0.5) is 11.6 Å². The fourth-order valence-electron chi connectivity index (χ4n) is 2.95. The molecule has 0 aliphatic carbocycles. The third-order valence-electron chi connectivity index (χ3n) is 4.40. The maximum Gasteiger partial charge on any atom is 0.258 e. The van der Waals surface area contributed by atoms with E-state index in [2.05, 4.69) is 25.5 Å². The van der Waals surface area contributed by atoms with Crippen molar-refractivity contribution in [1.29, 1.82) is 0 Å². The van der Waals surface area contributed by atoms with Crippen molar-refractivity contribution >= 4 is 29.1 Å². The van der Waals surface area contributed by atoms with E-state index in [1.54, 1.807) is 0 Å². The van der Waals surface area contributed by atoms with Crippen molar-refractivity contribution < 1.29 is 9.53 Å². The Morgan fingerprint density at radius 2 is 1.93 bits per heavy atom. The number of hydrogen-bond acceptors (Lipinski definition) is 6. The Morgan fingerprint density at radius 3 is 2.59 bits per heavy atom. The highest BCUT2D eigenvalue weighted by molar-refractivity contribution is 6.34. The van der Waals surface area contributed by atoms with Crippen molar-refractivity contribution in [2.75, 3.05) is 50.0 Å². The summed E-state index contributed by atoms with van der Waals surface area (Å²) < 4.78 is 5.33. The van der Waals surface area contributed by atoms with Gasteiger partial charge in [-0.15, -0.1) is 0 Å². The summed E-state index contributed by atoms with van der Waals surface area (Å²) in [7, 11) is 0. The van der Waals surface area contributed by atoms with Crippen molar-refractivity contribution in [3.8, 4) is 0 Å². The maximum atomic E-state index is 12.4. The van der Waals surface area contributed by atoms with Crippen LogP contribution in [-0.2, 0) is 4.74 Å². The van der Waals surface area contributed by atoms with Crippen LogP contribution in [0.15, 0.2) is 24.5 Å². The van der Waals surface area contributed by atoms with Gasteiger partial charge in [-0.1, -0.05) is 17.7 Å². The van der Waals surface area contributed by atoms with E-state index in [4.69, 9.17) is 16.3 Å². The van der Waals surface area contributed by atoms with Crippen molar-refractivity contribution in [2.45, 2.75) is 13.8 Å². The average molecular weight is 390 g/mol. The van der Waals surface area contributed by atoms with Gasteiger partial charge in [-0.2, -0.15) is 0 Å². The van der Waals surface area contributed by atoms with E-state index in [1.165, 1.54) is 12.4 Å². The highest BCUT2D eigenvalue weighted by atomic mass is 35.5. The van der Waals surface area contributed by atoms with Gasteiger partial charge in [0.05, 0.1) is 29.5 Å². The molecule has 1 amide bonds. The quantitative estimate of drug-likeness (QED) is 0.790. The van der Waals surface area contributed by atoms with Gasteiger partial charge >= 0.3 is 0 Å². The molecule has 27 heavy (non-hydrogen) atoms. The molecule has 2 heterocycles. The average Bonchev–Trinajstić information content (AvgIpc) is 2.66. The maximum absolute atomic E-state index is 12.4.